The zero-order valence-corrected chi connectivity index (χ0v) is 19.2. The molecule has 1 fully saturated rings. The van der Waals surface area contributed by atoms with Crippen molar-refractivity contribution in [2.24, 2.45) is 5.92 Å². The van der Waals surface area contributed by atoms with Crippen LogP contribution in [-0.4, -0.2) is 29.1 Å². The minimum atomic E-state index is -2.72. The molecule has 0 bridgehead atoms. The van der Waals surface area contributed by atoms with Gasteiger partial charge in [0.25, 0.3) is 6.43 Å². The van der Waals surface area contributed by atoms with Crippen LogP contribution in [0.2, 0.25) is 0 Å². The van der Waals surface area contributed by atoms with Crippen molar-refractivity contribution in [1.82, 2.24) is 9.97 Å². The lowest BCUT2D eigenvalue weighted by Crippen LogP contribution is -2.07. The molecule has 3 rings (SSSR count). The fourth-order valence-corrected chi connectivity index (χ4v) is 4.85. The van der Waals surface area contributed by atoms with Gasteiger partial charge in [-0.1, -0.05) is 36.9 Å². The Labute approximate surface area is 188 Å². The number of nitriles is 1. The first-order chi connectivity index (χ1) is 14.8. The second-order valence-electron chi connectivity index (χ2n) is 7.58. The van der Waals surface area contributed by atoms with Crippen LogP contribution in [0.15, 0.2) is 11.1 Å². The Morgan fingerprint density at radius 2 is 2.16 bits per heavy atom. The number of carbonyl (C=O) groups is 1. The molecule has 6 nitrogen and oxygen atoms in total. The van der Waals surface area contributed by atoms with Gasteiger partial charge in [0.05, 0.1) is 17.9 Å². The molecule has 0 saturated heterocycles. The van der Waals surface area contributed by atoms with E-state index in [1.165, 1.54) is 17.4 Å². The van der Waals surface area contributed by atoms with Crippen molar-refractivity contribution in [1.29, 1.82) is 5.26 Å². The average Bonchev–Trinajstić information content (AvgIpc) is 3.49. The third-order valence-electron chi connectivity index (χ3n) is 4.55. The van der Waals surface area contributed by atoms with Gasteiger partial charge in [0.1, 0.15) is 21.7 Å². The zero-order chi connectivity index (χ0) is 22.5. The third kappa shape index (κ3) is 5.92. The first-order valence-electron chi connectivity index (χ1n) is 10.1. The number of halogens is 2. The number of thiazole rings is 1. The maximum Gasteiger partial charge on any atom is 0.350 e. The molecular formula is C21H24F2N4O2S2. The molecule has 10 heteroatoms. The molecule has 0 aromatic carbocycles. The van der Waals surface area contributed by atoms with Gasteiger partial charge in [-0.2, -0.15) is 5.26 Å². The zero-order valence-electron chi connectivity index (χ0n) is 17.6. The molecule has 0 spiro atoms. The van der Waals surface area contributed by atoms with Crippen LogP contribution in [0.1, 0.15) is 78.1 Å². The molecule has 1 aliphatic carbocycles. The van der Waals surface area contributed by atoms with E-state index >= 15 is 0 Å². The van der Waals surface area contributed by atoms with Crippen molar-refractivity contribution in [2.45, 2.75) is 56.7 Å². The summed E-state index contributed by atoms with van der Waals surface area (Å²) in [6.07, 6.45) is -0.948. The number of rotatable bonds is 10. The maximum atomic E-state index is 13.4. The molecule has 2 aromatic rings. The van der Waals surface area contributed by atoms with Crippen LogP contribution < -0.4 is 5.32 Å². The molecule has 0 aliphatic heterocycles. The van der Waals surface area contributed by atoms with E-state index in [1.54, 1.807) is 6.92 Å². The van der Waals surface area contributed by atoms with Crippen LogP contribution in [-0.2, 0) is 10.5 Å². The lowest BCUT2D eigenvalue weighted by Gasteiger charge is -2.11. The van der Waals surface area contributed by atoms with E-state index in [1.807, 2.05) is 0 Å². The van der Waals surface area contributed by atoms with E-state index in [-0.39, 0.29) is 29.0 Å². The van der Waals surface area contributed by atoms with Crippen molar-refractivity contribution in [3.8, 4) is 6.07 Å². The predicted molar refractivity (Wildman–Crippen MR) is 117 cm³/mol. The van der Waals surface area contributed by atoms with Crippen LogP contribution in [0.5, 0.6) is 0 Å². The van der Waals surface area contributed by atoms with Crippen molar-refractivity contribution >= 4 is 34.2 Å². The standard InChI is InChI=1S/C21H24F2N4O2S2/c1-4-29-20(28)17-16(27-21(31-17)25-9-11(2)3)10-30-19-14(8-24)13(12-5-6-12)7-15(26-19)18(22)23/h7,11-12,18H,4-6,9-10H2,1-3H3,(H,25,27). The van der Waals surface area contributed by atoms with E-state index in [2.05, 4.69) is 35.2 Å². The number of nitrogens with zero attached hydrogens (tertiary/aromatic N) is 3. The Morgan fingerprint density at radius 3 is 2.74 bits per heavy atom. The summed E-state index contributed by atoms with van der Waals surface area (Å²) in [6, 6.07) is 3.49. The number of aromatic nitrogens is 2. The van der Waals surface area contributed by atoms with Gasteiger partial charge in [0, 0.05) is 12.3 Å². The Kier molecular flexibility index (Phi) is 7.84. The van der Waals surface area contributed by atoms with Crippen LogP contribution in [0, 0.1) is 17.2 Å². The number of nitrogens with one attached hydrogen (secondary N) is 1. The number of ether oxygens (including phenoxy) is 1. The summed E-state index contributed by atoms with van der Waals surface area (Å²) in [5, 5.41) is 13.7. The molecule has 1 N–H and O–H groups in total. The van der Waals surface area contributed by atoms with Crippen molar-refractivity contribution in [3.05, 3.63) is 33.5 Å². The van der Waals surface area contributed by atoms with E-state index < -0.39 is 12.4 Å². The highest BCUT2D eigenvalue weighted by Crippen LogP contribution is 2.44. The highest BCUT2D eigenvalue weighted by atomic mass is 32.2. The number of hydrogen-bond donors (Lipinski definition) is 1. The lowest BCUT2D eigenvalue weighted by atomic mass is 10.1. The summed E-state index contributed by atoms with van der Waals surface area (Å²) >= 11 is 2.35. The van der Waals surface area contributed by atoms with Crippen molar-refractivity contribution in [3.63, 3.8) is 0 Å². The van der Waals surface area contributed by atoms with Gasteiger partial charge in [0.2, 0.25) is 0 Å². The van der Waals surface area contributed by atoms with Crippen LogP contribution in [0.4, 0.5) is 13.9 Å². The monoisotopic (exact) mass is 466 g/mol. The van der Waals surface area contributed by atoms with E-state index in [0.29, 0.717) is 39.3 Å². The van der Waals surface area contributed by atoms with Gasteiger partial charge in [-0.15, -0.1) is 0 Å². The number of thioether (sulfide) groups is 1. The Bertz CT molecular complexity index is 984. The van der Waals surface area contributed by atoms with Crippen LogP contribution in [0.25, 0.3) is 0 Å². The molecule has 166 valence electrons. The van der Waals surface area contributed by atoms with Gasteiger partial charge in [-0.25, -0.2) is 23.5 Å². The molecule has 0 amide bonds. The van der Waals surface area contributed by atoms with Gasteiger partial charge >= 0.3 is 5.97 Å². The smallest absolute Gasteiger partial charge is 0.350 e. The van der Waals surface area contributed by atoms with E-state index in [0.717, 1.165) is 24.6 Å². The third-order valence-corrected chi connectivity index (χ3v) is 6.58. The van der Waals surface area contributed by atoms with Gasteiger partial charge in [0.15, 0.2) is 5.13 Å². The highest BCUT2D eigenvalue weighted by molar-refractivity contribution is 7.98. The van der Waals surface area contributed by atoms with E-state index in [4.69, 9.17) is 4.74 Å². The molecule has 0 unspecified atom stereocenters. The first kappa shape index (κ1) is 23.4. The molecular weight excluding hydrogens is 442 g/mol. The molecule has 2 aromatic heterocycles. The topological polar surface area (TPSA) is 87.9 Å². The Morgan fingerprint density at radius 1 is 1.42 bits per heavy atom. The van der Waals surface area contributed by atoms with Crippen molar-refractivity contribution < 1.29 is 18.3 Å². The molecule has 0 radical (unpaired) electrons. The number of hydrogen-bond acceptors (Lipinski definition) is 8. The summed E-state index contributed by atoms with van der Waals surface area (Å²) in [7, 11) is 0. The highest BCUT2D eigenvalue weighted by Gasteiger charge is 2.30. The maximum absolute atomic E-state index is 13.4. The number of carbonyl (C=O) groups excluding carboxylic acids is 1. The quantitative estimate of drug-likeness (QED) is 0.352. The lowest BCUT2D eigenvalue weighted by molar-refractivity contribution is 0.0531. The SMILES string of the molecule is CCOC(=O)c1sc(NCC(C)C)nc1CSc1nc(C(F)F)cc(C2CC2)c1C#N. The first-order valence-corrected chi connectivity index (χ1v) is 11.9. The molecule has 1 saturated carbocycles. The fraction of sp³-hybridized carbons (Fsp3) is 0.524. The fourth-order valence-electron chi connectivity index (χ4n) is 2.91. The summed E-state index contributed by atoms with van der Waals surface area (Å²) in [4.78, 5) is 21.3. The number of alkyl halides is 2. The molecule has 0 atom stereocenters. The number of pyridine rings is 1. The van der Waals surface area contributed by atoms with E-state index in [9.17, 15) is 18.8 Å². The number of esters is 1. The Hall–Kier alpha value is -2.25. The second kappa shape index (κ2) is 10.4. The predicted octanol–water partition coefficient (Wildman–Crippen LogP) is 5.76. The molecule has 31 heavy (non-hydrogen) atoms. The van der Waals surface area contributed by atoms with Gasteiger partial charge < -0.3 is 10.1 Å². The Balaban J connectivity index is 1.89. The van der Waals surface area contributed by atoms with Gasteiger partial charge in [-0.3, -0.25) is 0 Å². The minimum absolute atomic E-state index is 0.135. The van der Waals surface area contributed by atoms with Gasteiger partial charge in [-0.05, 0) is 43.2 Å². The second-order valence-corrected chi connectivity index (χ2v) is 9.55. The van der Waals surface area contributed by atoms with Crippen LogP contribution >= 0.6 is 23.1 Å². The summed E-state index contributed by atoms with van der Waals surface area (Å²) < 4.78 is 31.9. The van der Waals surface area contributed by atoms with Crippen molar-refractivity contribution in [2.75, 3.05) is 18.5 Å². The summed E-state index contributed by atoms with van der Waals surface area (Å²) in [5.74, 6) is 0.275. The summed E-state index contributed by atoms with van der Waals surface area (Å²) in [5.41, 5.74) is 1.13. The molecule has 2 heterocycles. The average molecular weight is 467 g/mol. The minimum Gasteiger partial charge on any atom is -0.462 e. The van der Waals surface area contributed by atoms with Crippen LogP contribution in [0.3, 0.4) is 0 Å². The largest absolute Gasteiger partial charge is 0.462 e. The normalized spacial score (nSPS) is 13.5. The number of anilines is 1. The molecule has 1 aliphatic rings. The summed E-state index contributed by atoms with van der Waals surface area (Å²) in [6.45, 7) is 6.78.